The quantitative estimate of drug-likeness (QED) is 0.287. The number of fused-ring (bicyclic) bond motifs is 3. The Kier molecular flexibility index (Phi) is 5.72. The molecular weight excluding hydrogens is 516 g/mol. The van der Waals surface area contributed by atoms with Crippen LogP contribution in [0.25, 0.3) is 17.0 Å². The van der Waals surface area contributed by atoms with E-state index in [0.717, 1.165) is 5.56 Å². The highest BCUT2D eigenvalue weighted by molar-refractivity contribution is 6.25. The van der Waals surface area contributed by atoms with E-state index in [2.05, 4.69) is 4.98 Å². The number of nitriles is 1. The lowest BCUT2D eigenvalue weighted by molar-refractivity contribution is -0.139. The highest BCUT2D eigenvalue weighted by Crippen LogP contribution is 2.58. The zero-order chi connectivity index (χ0) is 29.5. The summed E-state index contributed by atoms with van der Waals surface area (Å²) in [5.41, 5.74) is 13.4. The number of nitrogens with two attached hydrogens (primary N) is 3. The number of aliphatic hydroxyl groups is 2. The van der Waals surface area contributed by atoms with Crippen molar-refractivity contribution in [3.63, 3.8) is 0 Å². The van der Waals surface area contributed by atoms with Crippen LogP contribution < -0.4 is 17.2 Å². The summed E-state index contributed by atoms with van der Waals surface area (Å²) in [6.07, 6.45) is 1.06. The summed E-state index contributed by atoms with van der Waals surface area (Å²) < 4.78 is 0. The zero-order valence-corrected chi connectivity index (χ0v) is 22.0. The first-order valence-electron chi connectivity index (χ1n) is 12.4. The van der Waals surface area contributed by atoms with Crippen molar-refractivity contribution in [2.24, 2.45) is 22.6 Å². The van der Waals surface area contributed by atoms with Crippen LogP contribution in [0.5, 0.6) is 5.75 Å². The third-order valence-corrected chi connectivity index (χ3v) is 8.32. The highest BCUT2D eigenvalue weighted by atomic mass is 16.3. The maximum Gasteiger partial charge on any atom is 0.255 e. The predicted molar refractivity (Wildman–Crippen MR) is 142 cm³/mol. The average Bonchev–Trinajstić information content (AvgIpc) is 2.83. The molecule has 5 rings (SSSR count). The number of aromatic hydroxyl groups is 1. The number of benzene rings is 1. The Labute approximate surface area is 229 Å². The SMILES string of the molecule is Cc1ccc(-c2ccc(O)c3c2C[C@@]2(N)C[C@@]4(N)[C@H](N(C)C)C(=O)C(C(N)=O)=C(O)[C@@]4(C#N)C(=O)C2=C3O)nc1. The van der Waals surface area contributed by atoms with Gasteiger partial charge in [-0.3, -0.25) is 24.3 Å². The molecule has 0 aliphatic heterocycles. The molecule has 0 spiro atoms. The monoisotopic (exact) mass is 544 g/mol. The van der Waals surface area contributed by atoms with E-state index in [1.54, 1.807) is 24.4 Å². The van der Waals surface area contributed by atoms with Crippen molar-refractivity contribution in [2.45, 2.75) is 36.9 Å². The molecule has 1 heterocycles. The van der Waals surface area contributed by atoms with Crippen LogP contribution in [0.2, 0.25) is 0 Å². The van der Waals surface area contributed by atoms with Crippen LogP contribution in [0.15, 0.2) is 47.4 Å². The third-order valence-electron chi connectivity index (χ3n) is 8.32. The van der Waals surface area contributed by atoms with E-state index < -0.39 is 69.1 Å². The van der Waals surface area contributed by atoms with Crippen molar-refractivity contribution in [2.75, 3.05) is 14.1 Å². The second-order valence-electron chi connectivity index (χ2n) is 11.0. The molecule has 2 aromatic rings. The van der Waals surface area contributed by atoms with Gasteiger partial charge in [0.2, 0.25) is 0 Å². The molecule has 1 saturated carbocycles. The Balaban J connectivity index is 1.86. The van der Waals surface area contributed by atoms with Gasteiger partial charge in [0.1, 0.15) is 22.8 Å². The number of pyridine rings is 1. The minimum atomic E-state index is -2.70. The fraction of sp³-hybridized carbons (Fsp3) is 0.321. The van der Waals surface area contributed by atoms with Gasteiger partial charge < -0.3 is 32.5 Å². The van der Waals surface area contributed by atoms with Gasteiger partial charge in [0, 0.05) is 11.8 Å². The molecule has 0 radical (unpaired) electrons. The molecule has 3 aliphatic carbocycles. The minimum Gasteiger partial charge on any atom is -0.509 e. The summed E-state index contributed by atoms with van der Waals surface area (Å²) in [4.78, 5) is 45.9. The van der Waals surface area contributed by atoms with Crippen LogP contribution in [-0.2, 0) is 20.8 Å². The first-order chi connectivity index (χ1) is 18.7. The summed E-state index contributed by atoms with van der Waals surface area (Å²) in [6, 6.07) is 6.83. The first kappa shape index (κ1) is 27.0. The number of aryl methyl sites for hydroxylation is 1. The fourth-order valence-electron chi connectivity index (χ4n) is 6.70. The lowest BCUT2D eigenvalue weighted by Crippen LogP contribution is -2.80. The summed E-state index contributed by atoms with van der Waals surface area (Å²) in [6.45, 7) is 1.87. The maximum atomic E-state index is 14.4. The van der Waals surface area contributed by atoms with E-state index in [1.807, 2.05) is 13.0 Å². The number of nitrogens with zero attached hydrogens (tertiary/aromatic N) is 3. The van der Waals surface area contributed by atoms with Crippen LogP contribution in [0.4, 0.5) is 0 Å². The van der Waals surface area contributed by atoms with E-state index in [0.29, 0.717) is 16.8 Å². The maximum absolute atomic E-state index is 14.4. The summed E-state index contributed by atoms with van der Waals surface area (Å²) in [5.74, 6) is -5.75. The molecule has 0 saturated heterocycles. The number of rotatable bonds is 3. The second kappa shape index (κ2) is 8.46. The predicted octanol–water partition coefficient (Wildman–Crippen LogP) is 0.276. The van der Waals surface area contributed by atoms with E-state index in [1.165, 1.54) is 25.1 Å². The van der Waals surface area contributed by atoms with Gasteiger partial charge in [0.25, 0.3) is 5.91 Å². The van der Waals surface area contributed by atoms with Gasteiger partial charge in [-0.15, -0.1) is 0 Å². The van der Waals surface area contributed by atoms with Crippen LogP contribution in [0, 0.1) is 23.7 Å². The second-order valence-corrected chi connectivity index (χ2v) is 11.0. The number of aliphatic hydroxyl groups excluding tert-OH is 2. The van der Waals surface area contributed by atoms with Crippen LogP contribution >= 0.6 is 0 Å². The van der Waals surface area contributed by atoms with E-state index in [9.17, 15) is 35.0 Å². The van der Waals surface area contributed by atoms with Crippen LogP contribution in [-0.4, -0.2) is 73.9 Å². The lowest BCUT2D eigenvalue weighted by atomic mass is 9.47. The van der Waals surface area contributed by atoms with Gasteiger partial charge in [0.05, 0.1) is 40.0 Å². The fourth-order valence-corrected chi connectivity index (χ4v) is 6.70. The molecule has 9 N–H and O–H groups in total. The standard InChI is InChI=1S/C28H28N6O6/c1-12-4-6-15(33-9-12)13-5-7-16(35)17-14(13)8-26(31)10-28(32)22(34(2)3)21(37)18(25(30)40)23(38)27(28,11-29)24(39)19(26)20(17)36/h4-7,9,22,35-36,38H,8,10,31-32H2,1-3H3,(H2,30,40)/t22-,26-,27+,28-/m1/s1. The van der Waals surface area contributed by atoms with Crippen LogP contribution in [0.1, 0.15) is 23.1 Å². The van der Waals surface area contributed by atoms with E-state index in [4.69, 9.17) is 17.2 Å². The molecule has 40 heavy (non-hydrogen) atoms. The van der Waals surface area contributed by atoms with Crippen molar-refractivity contribution in [1.82, 2.24) is 9.88 Å². The summed E-state index contributed by atoms with van der Waals surface area (Å²) in [7, 11) is 2.93. The van der Waals surface area contributed by atoms with Gasteiger partial charge in [-0.25, -0.2) is 0 Å². The normalized spacial score (nSPS) is 29.6. The number of phenols is 1. The Morgan fingerprint density at radius 1 is 1.15 bits per heavy atom. The van der Waals surface area contributed by atoms with Crippen molar-refractivity contribution < 1.29 is 29.7 Å². The Hall–Kier alpha value is -4.57. The number of carbonyl (C=O) groups excluding carboxylic acids is 3. The number of ketones is 2. The molecule has 206 valence electrons. The molecule has 1 fully saturated rings. The Bertz CT molecular complexity index is 1640. The van der Waals surface area contributed by atoms with Gasteiger partial charge in [0.15, 0.2) is 17.0 Å². The minimum absolute atomic E-state index is 0.0865. The van der Waals surface area contributed by atoms with Gasteiger partial charge in [-0.1, -0.05) is 6.07 Å². The average molecular weight is 545 g/mol. The van der Waals surface area contributed by atoms with Gasteiger partial charge in [-0.05, 0) is 63.2 Å². The molecule has 12 heteroatoms. The summed E-state index contributed by atoms with van der Waals surface area (Å²) in [5, 5.41) is 44.0. The molecule has 1 amide bonds. The van der Waals surface area contributed by atoms with Crippen molar-refractivity contribution in [3.05, 3.63) is 64.1 Å². The van der Waals surface area contributed by atoms with Crippen molar-refractivity contribution >= 4 is 23.2 Å². The van der Waals surface area contributed by atoms with E-state index >= 15 is 0 Å². The number of likely N-dealkylation sites (N-methyl/N-ethyl adjacent to an activating group) is 1. The molecule has 4 atom stereocenters. The number of hydrogen-bond donors (Lipinski definition) is 6. The topological polar surface area (TPSA) is 230 Å². The third kappa shape index (κ3) is 3.16. The number of hydrogen-bond acceptors (Lipinski definition) is 11. The van der Waals surface area contributed by atoms with Crippen molar-refractivity contribution in [3.8, 4) is 23.1 Å². The lowest BCUT2D eigenvalue weighted by Gasteiger charge is -2.58. The Morgan fingerprint density at radius 2 is 1.82 bits per heavy atom. The molecule has 3 aliphatic rings. The van der Waals surface area contributed by atoms with E-state index in [-0.39, 0.29) is 17.7 Å². The van der Waals surface area contributed by atoms with Crippen molar-refractivity contribution in [1.29, 1.82) is 5.26 Å². The molecule has 1 aromatic carbocycles. The zero-order valence-electron chi connectivity index (χ0n) is 22.0. The number of phenolic OH excluding ortho intramolecular Hbond substituents is 1. The van der Waals surface area contributed by atoms with Gasteiger partial charge in [-0.2, -0.15) is 5.26 Å². The highest BCUT2D eigenvalue weighted by Gasteiger charge is 2.74. The smallest absolute Gasteiger partial charge is 0.255 e. The number of amides is 1. The number of aromatic nitrogens is 1. The molecule has 1 aromatic heterocycles. The molecule has 12 nitrogen and oxygen atoms in total. The Morgan fingerprint density at radius 3 is 2.38 bits per heavy atom. The van der Waals surface area contributed by atoms with Gasteiger partial charge >= 0.3 is 0 Å². The largest absolute Gasteiger partial charge is 0.509 e. The molecule has 0 bridgehead atoms. The molecular formula is C28H28N6O6. The first-order valence-corrected chi connectivity index (χ1v) is 12.4. The summed E-state index contributed by atoms with van der Waals surface area (Å²) >= 11 is 0. The molecule has 0 unspecified atom stereocenters. The van der Waals surface area contributed by atoms with Crippen LogP contribution in [0.3, 0.4) is 0 Å². The number of carbonyl (C=O) groups is 3. The number of primary amides is 1. The number of Topliss-reactive ketones (excluding diaryl/α,β-unsaturated/α-hetero) is 2.